The summed E-state index contributed by atoms with van der Waals surface area (Å²) in [4.78, 5) is 5.57. The predicted molar refractivity (Wildman–Crippen MR) is 77.5 cm³/mol. The Kier molecular flexibility index (Phi) is 4.57. The number of hydrogen-bond donors (Lipinski definition) is 2. The number of rotatable bonds is 4. The summed E-state index contributed by atoms with van der Waals surface area (Å²) in [5, 5.41) is 0.0136. The Morgan fingerprint density at radius 1 is 1.50 bits per heavy atom. The van der Waals surface area contributed by atoms with Gasteiger partial charge in [0.25, 0.3) is 10.0 Å². The fourth-order valence-corrected chi connectivity index (χ4v) is 3.34. The maximum absolute atomic E-state index is 12.0. The second kappa shape index (κ2) is 6.19. The molecule has 0 aliphatic heterocycles. The first kappa shape index (κ1) is 14.7. The minimum Gasteiger partial charge on any atom is -0.339 e. The normalized spacial score (nSPS) is 11.1. The van der Waals surface area contributed by atoms with Crippen LogP contribution in [0.5, 0.6) is 0 Å². The Balaban J connectivity index is 2.03. The van der Waals surface area contributed by atoms with E-state index in [9.17, 15) is 8.42 Å². The molecule has 0 fully saturated rings. The fraction of sp³-hybridized carbons (Fsp3) is 0.250. The molecule has 0 saturated heterocycles. The minimum absolute atomic E-state index is 0.0136. The second-order valence-corrected chi connectivity index (χ2v) is 6.86. The average Bonchev–Trinajstić information content (AvgIpc) is 3.03. The third-order valence-corrected chi connectivity index (χ3v) is 4.65. The van der Waals surface area contributed by atoms with Gasteiger partial charge in [-0.25, -0.2) is 18.1 Å². The Bertz CT molecular complexity index is 750. The van der Waals surface area contributed by atoms with Gasteiger partial charge in [-0.3, -0.25) is 0 Å². The van der Waals surface area contributed by atoms with E-state index in [1.807, 2.05) is 12.1 Å². The van der Waals surface area contributed by atoms with Gasteiger partial charge in [-0.2, -0.15) is 0 Å². The molecule has 8 heteroatoms. The molecule has 0 bridgehead atoms. The first-order valence-electron chi connectivity index (χ1n) is 5.76. The van der Waals surface area contributed by atoms with Gasteiger partial charge in [-0.1, -0.05) is 11.8 Å². The molecule has 0 aliphatic rings. The summed E-state index contributed by atoms with van der Waals surface area (Å²) in [5.74, 6) is 5.66. The van der Waals surface area contributed by atoms with Crippen LogP contribution in [0, 0.1) is 11.8 Å². The molecule has 0 atom stereocenters. The van der Waals surface area contributed by atoms with E-state index < -0.39 is 10.0 Å². The van der Waals surface area contributed by atoms with E-state index in [0.29, 0.717) is 6.54 Å². The molecule has 0 amide bonds. The van der Waals surface area contributed by atoms with E-state index in [0.717, 1.165) is 9.75 Å². The fourth-order valence-electron chi connectivity index (χ4n) is 1.45. The first-order chi connectivity index (χ1) is 9.51. The standard InChI is InChI=1S/C12H14N4O2S2/c1-16-8-12(14-9-16)20(17,18)15-7-11-5-4-10(19-11)3-2-6-13/h4-5,8-9,15H,6-7,13H2,1H3. The number of aryl methyl sites for hydroxylation is 1. The topological polar surface area (TPSA) is 90.0 Å². The number of hydrogen-bond acceptors (Lipinski definition) is 5. The van der Waals surface area contributed by atoms with Crippen molar-refractivity contribution in [1.82, 2.24) is 14.3 Å². The number of nitrogens with one attached hydrogen (secondary N) is 1. The summed E-state index contributed by atoms with van der Waals surface area (Å²) < 4.78 is 28.0. The van der Waals surface area contributed by atoms with E-state index >= 15 is 0 Å². The van der Waals surface area contributed by atoms with Crippen molar-refractivity contribution in [2.45, 2.75) is 11.6 Å². The third kappa shape index (κ3) is 3.68. The maximum atomic E-state index is 12.0. The van der Waals surface area contributed by atoms with Crippen LogP contribution >= 0.6 is 11.3 Å². The zero-order chi connectivity index (χ0) is 14.6. The molecule has 0 saturated carbocycles. The molecule has 0 spiro atoms. The first-order valence-corrected chi connectivity index (χ1v) is 8.06. The maximum Gasteiger partial charge on any atom is 0.259 e. The number of nitrogens with zero attached hydrogens (tertiary/aromatic N) is 2. The van der Waals surface area contributed by atoms with Crippen LogP contribution in [0.15, 0.2) is 29.7 Å². The quantitative estimate of drug-likeness (QED) is 0.793. The van der Waals surface area contributed by atoms with Crippen molar-refractivity contribution in [1.29, 1.82) is 0 Å². The van der Waals surface area contributed by atoms with Crippen molar-refractivity contribution in [2.24, 2.45) is 12.8 Å². The zero-order valence-corrected chi connectivity index (χ0v) is 12.5. The van der Waals surface area contributed by atoms with Crippen LogP contribution in [-0.2, 0) is 23.6 Å². The van der Waals surface area contributed by atoms with Gasteiger partial charge in [0.15, 0.2) is 5.03 Å². The SMILES string of the molecule is Cn1cnc(S(=O)(=O)NCc2ccc(C#CCN)s2)c1. The minimum atomic E-state index is -3.58. The molecule has 2 aromatic heterocycles. The Hall–Kier alpha value is -1.66. The van der Waals surface area contributed by atoms with Crippen molar-refractivity contribution in [3.8, 4) is 11.8 Å². The number of nitrogens with two attached hydrogens (primary N) is 1. The molecular formula is C12H14N4O2S2. The lowest BCUT2D eigenvalue weighted by molar-refractivity contribution is 0.578. The van der Waals surface area contributed by atoms with Crippen LogP contribution in [0.25, 0.3) is 0 Å². The van der Waals surface area contributed by atoms with E-state index in [-0.39, 0.29) is 11.6 Å². The van der Waals surface area contributed by atoms with Gasteiger partial charge in [0.05, 0.1) is 17.7 Å². The molecule has 2 rings (SSSR count). The Morgan fingerprint density at radius 2 is 2.30 bits per heavy atom. The van der Waals surface area contributed by atoms with Crippen LogP contribution < -0.4 is 10.5 Å². The molecule has 6 nitrogen and oxygen atoms in total. The molecule has 0 aliphatic carbocycles. The van der Waals surface area contributed by atoms with Crippen LogP contribution in [0.1, 0.15) is 9.75 Å². The van der Waals surface area contributed by atoms with E-state index in [1.165, 1.54) is 23.9 Å². The highest BCUT2D eigenvalue weighted by molar-refractivity contribution is 7.89. The van der Waals surface area contributed by atoms with Gasteiger partial charge in [0, 0.05) is 24.7 Å². The van der Waals surface area contributed by atoms with Gasteiger partial charge in [0.1, 0.15) is 0 Å². The number of thiophene rings is 1. The van der Waals surface area contributed by atoms with Gasteiger partial charge >= 0.3 is 0 Å². The van der Waals surface area contributed by atoms with Gasteiger partial charge < -0.3 is 10.3 Å². The van der Waals surface area contributed by atoms with Crippen LogP contribution in [0.4, 0.5) is 0 Å². The summed E-state index contributed by atoms with van der Waals surface area (Å²) in [5.41, 5.74) is 5.30. The third-order valence-electron chi connectivity index (χ3n) is 2.37. The van der Waals surface area contributed by atoms with Crippen LogP contribution in [0.2, 0.25) is 0 Å². The van der Waals surface area contributed by atoms with Gasteiger partial charge in [-0.15, -0.1) is 11.3 Å². The number of imidazole rings is 1. The highest BCUT2D eigenvalue weighted by Gasteiger charge is 2.16. The second-order valence-electron chi connectivity index (χ2n) is 3.97. The monoisotopic (exact) mass is 310 g/mol. The molecule has 0 radical (unpaired) electrons. The van der Waals surface area contributed by atoms with Crippen LogP contribution in [0.3, 0.4) is 0 Å². The molecular weight excluding hydrogens is 296 g/mol. The molecule has 2 heterocycles. The van der Waals surface area contributed by atoms with Crippen molar-refractivity contribution >= 4 is 21.4 Å². The molecule has 106 valence electrons. The zero-order valence-electron chi connectivity index (χ0n) is 10.8. The van der Waals surface area contributed by atoms with Crippen molar-refractivity contribution in [3.63, 3.8) is 0 Å². The van der Waals surface area contributed by atoms with E-state index in [2.05, 4.69) is 21.5 Å². The van der Waals surface area contributed by atoms with Crippen LogP contribution in [-0.4, -0.2) is 24.5 Å². The van der Waals surface area contributed by atoms with Crippen molar-refractivity contribution in [2.75, 3.05) is 6.54 Å². The van der Waals surface area contributed by atoms with Gasteiger partial charge in [0.2, 0.25) is 0 Å². The van der Waals surface area contributed by atoms with E-state index in [4.69, 9.17) is 5.73 Å². The highest BCUT2D eigenvalue weighted by atomic mass is 32.2. The van der Waals surface area contributed by atoms with Gasteiger partial charge in [-0.05, 0) is 12.1 Å². The lowest BCUT2D eigenvalue weighted by Gasteiger charge is -2.01. The summed E-state index contributed by atoms with van der Waals surface area (Å²) in [6.45, 7) is 0.521. The number of sulfonamides is 1. The van der Waals surface area contributed by atoms with Crippen molar-refractivity contribution < 1.29 is 8.42 Å². The molecule has 2 aromatic rings. The Morgan fingerprint density at radius 3 is 2.95 bits per heavy atom. The molecule has 20 heavy (non-hydrogen) atoms. The number of aromatic nitrogens is 2. The summed E-state index contributed by atoms with van der Waals surface area (Å²) in [7, 11) is -1.86. The lowest BCUT2D eigenvalue weighted by Crippen LogP contribution is -2.23. The van der Waals surface area contributed by atoms with E-state index in [1.54, 1.807) is 11.6 Å². The highest BCUT2D eigenvalue weighted by Crippen LogP contribution is 2.16. The average molecular weight is 310 g/mol. The van der Waals surface area contributed by atoms with Crippen molar-refractivity contribution in [3.05, 3.63) is 34.4 Å². The summed E-state index contributed by atoms with van der Waals surface area (Å²) in [6, 6.07) is 3.68. The molecule has 3 N–H and O–H groups in total. The summed E-state index contributed by atoms with van der Waals surface area (Å²) in [6.07, 6.45) is 2.90. The predicted octanol–water partition coefficient (Wildman–Crippen LogP) is 0.270. The largest absolute Gasteiger partial charge is 0.339 e. The summed E-state index contributed by atoms with van der Waals surface area (Å²) >= 11 is 1.43. The lowest BCUT2D eigenvalue weighted by atomic mass is 10.4. The Labute approximate surface area is 121 Å². The molecule has 0 unspecified atom stereocenters. The molecule has 0 aromatic carbocycles. The smallest absolute Gasteiger partial charge is 0.259 e.